The van der Waals surface area contributed by atoms with E-state index < -0.39 is 23.5 Å². The maximum Gasteiger partial charge on any atom is 0.404 e. The van der Waals surface area contributed by atoms with Gasteiger partial charge in [-0.15, -0.1) is 6.58 Å². The van der Waals surface area contributed by atoms with Gasteiger partial charge in [-0.3, -0.25) is 14.5 Å². The monoisotopic (exact) mass is 318 g/mol. The summed E-state index contributed by atoms with van der Waals surface area (Å²) in [6, 6.07) is 8.43. The summed E-state index contributed by atoms with van der Waals surface area (Å²) in [5.41, 5.74) is -1.05. The average Bonchev–Trinajstić information content (AvgIpc) is 2.56. The molecule has 2 N–H and O–H groups in total. The van der Waals surface area contributed by atoms with Crippen molar-refractivity contribution in [3.8, 4) is 0 Å². The Hall–Kier alpha value is -2.67. The summed E-state index contributed by atoms with van der Waals surface area (Å²) in [6.07, 6.45) is 0.305. The van der Waals surface area contributed by atoms with Crippen LogP contribution in [0.5, 0.6) is 0 Å². The number of nitrogens with one attached hydrogen (secondary N) is 1. The van der Waals surface area contributed by atoms with Crippen LogP contribution < -0.4 is 5.32 Å². The molecule has 7 heteroatoms. The second-order valence-electron chi connectivity index (χ2n) is 5.12. The molecule has 1 aliphatic heterocycles. The molecule has 122 valence electrons. The first-order valence-electron chi connectivity index (χ1n) is 7.13. The maximum absolute atomic E-state index is 12.8. The quantitative estimate of drug-likeness (QED) is 0.629. The number of ether oxygens (including phenoxy) is 1. The zero-order chi connectivity index (χ0) is 16.9. The van der Waals surface area contributed by atoms with Crippen molar-refractivity contribution in [2.75, 3.05) is 19.7 Å². The van der Waals surface area contributed by atoms with E-state index in [1.807, 2.05) is 0 Å². The van der Waals surface area contributed by atoms with Crippen molar-refractivity contribution in [2.24, 2.45) is 0 Å². The molecule has 0 radical (unpaired) electrons. The van der Waals surface area contributed by atoms with Gasteiger partial charge in [0.15, 0.2) is 5.60 Å². The third kappa shape index (κ3) is 3.57. The topological polar surface area (TPSA) is 95.9 Å². The van der Waals surface area contributed by atoms with Gasteiger partial charge in [0.25, 0.3) is 11.8 Å². The Morgan fingerprint density at radius 3 is 2.70 bits per heavy atom. The maximum atomic E-state index is 12.8. The lowest BCUT2D eigenvalue weighted by molar-refractivity contribution is -0.166. The Balaban J connectivity index is 2.25. The van der Waals surface area contributed by atoms with Crippen LogP contribution in [0.2, 0.25) is 0 Å². The molecule has 3 amide bonds. The van der Waals surface area contributed by atoms with Crippen LogP contribution in [-0.4, -0.2) is 53.2 Å². The van der Waals surface area contributed by atoms with Gasteiger partial charge in [-0.1, -0.05) is 24.3 Å². The van der Waals surface area contributed by atoms with Crippen LogP contribution in [0.4, 0.5) is 4.79 Å². The molecule has 1 aliphatic rings. The van der Waals surface area contributed by atoms with E-state index in [4.69, 9.17) is 9.84 Å². The van der Waals surface area contributed by atoms with Gasteiger partial charge in [-0.2, -0.15) is 0 Å². The zero-order valence-electron chi connectivity index (χ0n) is 12.5. The van der Waals surface area contributed by atoms with Crippen molar-refractivity contribution in [3.05, 3.63) is 48.6 Å². The molecule has 23 heavy (non-hydrogen) atoms. The highest BCUT2D eigenvalue weighted by molar-refractivity contribution is 6.07. The van der Waals surface area contributed by atoms with E-state index in [0.29, 0.717) is 5.56 Å². The predicted molar refractivity (Wildman–Crippen MR) is 82.0 cm³/mol. The zero-order valence-corrected chi connectivity index (χ0v) is 12.5. The molecule has 1 fully saturated rings. The van der Waals surface area contributed by atoms with E-state index in [9.17, 15) is 14.4 Å². The number of carboxylic acid groups (broad SMARTS) is 1. The van der Waals surface area contributed by atoms with E-state index >= 15 is 0 Å². The summed E-state index contributed by atoms with van der Waals surface area (Å²) >= 11 is 0. The van der Waals surface area contributed by atoms with E-state index in [2.05, 4.69) is 11.9 Å². The standard InChI is InChI=1S/C16H18N2O5/c1-2-8-16(11-17-15(21)22)14(20)18(9-10-23-16)13(19)12-6-4-3-5-7-12/h2-7,17H,1,8-11H2,(H,21,22). The van der Waals surface area contributed by atoms with Crippen LogP contribution in [-0.2, 0) is 9.53 Å². The number of morpholine rings is 1. The molecule has 1 aromatic carbocycles. The van der Waals surface area contributed by atoms with Crippen molar-refractivity contribution in [1.29, 1.82) is 0 Å². The second kappa shape index (κ2) is 7.06. The lowest BCUT2D eigenvalue weighted by atomic mass is 9.95. The van der Waals surface area contributed by atoms with Crippen LogP contribution in [0.3, 0.4) is 0 Å². The molecule has 2 rings (SSSR count). The number of benzene rings is 1. The first kappa shape index (κ1) is 16.7. The van der Waals surface area contributed by atoms with Gasteiger partial charge in [0.2, 0.25) is 0 Å². The van der Waals surface area contributed by atoms with Gasteiger partial charge in [-0.25, -0.2) is 4.79 Å². The molecule has 1 heterocycles. The van der Waals surface area contributed by atoms with E-state index in [-0.39, 0.29) is 26.1 Å². The summed E-state index contributed by atoms with van der Waals surface area (Å²) in [5, 5.41) is 10.9. The molecule has 1 saturated heterocycles. The number of hydrogen-bond donors (Lipinski definition) is 2. The highest BCUT2D eigenvalue weighted by Gasteiger charge is 2.46. The third-order valence-electron chi connectivity index (χ3n) is 3.59. The largest absolute Gasteiger partial charge is 0.465 e. The second-order valence-corrected chi connectivity index (χ2v) is 5.12. The smallest absolute Gasteiger partial charge is 0.404 e. The van der Waals surface area contributed by atoms with Crippen LogP contribution in [0.1, 0.15) is 16.8 Å². The van der Waals surface area contributed by atoms with E-state index in [1.165, 1.54) is 6.08 Å². The lowest BCUT2D eigenvalue weighted by Crippen LogP contribution is -2.62. The molecule has 0 aromatic heterocycles. The Kier molecular flexibility index (Phi) is 5.13. The summed E-state index contributed by atoms with van der Waals surface area (Å²) < 4.78 is 5.54. The molecular weight excluding hydrogens is 300 g/mol. The molecule has 1 aromatic rings. The lowest BCUT2D eigenvalue weighted by Gasteiger charge is -2.40. The Morgan fingerprint density at radius 2 is 2.09 bits per heavy atom. The fourth-order valence-electron chi connectivity index (χ4n) is 2.47. The van der Waals surface area contributed by atoms with Crippen molar-refractivity contribution >= 4 is 17.9 Å². The molecule has 0 saturated carbocycles. The van der Waals surface area contributed by atoms with Gasteiger partial charge in [0.1, 0.15) is 0 Å². The van der Waals surface area contributed by atoms with E-state index in [0.717, 1.165) is 4.90 Å². The number of hydrogen-bond acceptors (Lipinski definition) is 4. The molecule has 0 aliphatic carbocycles. The summed E-state index contributed by atoms with van der Waals surface area (Å²) in [5.74, 6) is -0.992. The Bertz CT molecular complexity index is 616. The Morgan fingerprint density at radius 1 is 1.39 bits per heavy atom. The summed E-state index contributed by atoms with van der Waals surface area (Å²) in [7, 11) is 0. The van der Waals surface area contributed by atoms with Crippen LogP contribution in [0, 0.1) is 0 Å². The minimum absolute atomic E-state index is 0.102. The number of amides is 3. The highest BCUT2D eigenvalue weighted by atomic mass is 16.5. The molecule has 1 unspecified atom stereocenters. The molecular formula is C16H18N2O5. The van der Waals surface area contributed by atoms with Gasteiger partial charge in [0, 0.05) is 12.0 Å². The minimum Gasteiger partial charge on any atom is -0.465 e. The number of rotatable bonds is 5. The van der Waals surface area contributed by atoms with Gasteiger partial charge in [0.05, 0.1) is 19.7 Å². The summed E-state index contributed by atoms with van der Waals surface area (Å²) in [6.45, 7) is 3.60. The Labute approximate surface area is 133 Å². The first-order valence-corrected chi connectivity index (χ1v) is 7.13. The number of imide groups is 1. The van der Waals surface area contributed by atoms with Crippen LogP contribution in [0.15, 0.2) is 43.0 Å². The summed E-state index contributed by atoms with van der Waals surface area (Å²) in [4.78, 5) is 37.1. The average molecular weight is 318 g/mol. The predicted octanol–water partition coefficient (Wildman–Crippen LogP) is 1.27. The van der Waals surface area contributed by atoms with E-state index in [1.54, 1.807) is 30.3 Å². The van der Waals surface area contributed by atoms with Crippen molar-refractivity contribution < 1.29 is 24.2 Å². The van der Waals surface area contributed by atoms with Crippen molar-refractivity contribution in [3.63, 3.8) is 0 Å². The molecule has 0 spiro atoms. The molecule has 1 atom stereocenters. The normalized spacial score (nSPS) is 20.9. The minimum atomic E-state index is -1.44. The number of nitrogens with zero attached hydrogens (tertiary/aromatic N) is 1. The fourth-order valence-corrected chi connectivity index (χ4v) is 2.47. The molecule has 7 nitrogen and oxygen atoms in total. The van der Waals surface area contributed by atoms with Gasteiger partial charge < -0.3 is 15.2 Å². The SMILES string of the molecule is C=CCC1(CNC(=O)O)OCCN(C(=O)c2ccccc2)C1=O. The van der Waals surface area contributed by atoms with Crippen molar-refractivity contribution in [1.82, 2.24) is 10.2 Å². The fraction of sp³-hybridized carbons (Fsp3) is 0.312. The third-order valence-corrected chi connectivity index (χ3v) is 3.59. The van der Waals surface area contributed by atoms with Crippen LogP contribution in [0.25, 0.3) is 0 Å². The van der Waals surface area contributed by atoms with Crippen LogP contribution >= 0.6 is 0 Å². The van der Waals surface area contributed by atoms with Crippen molar-refractivity contribution in [2.45, 2.75) is 12.0 Å². The van der Waals surface area contributed by atoms with Gasteiger partial charge >= 0.3 is 6.09 Å². The highest BCUT2D eigenvalue weighted by Crippen LogP contribution is 2.25. The number of carbonyl (C=O) groups is 3. The van der Waals surface area contributed by atoms with Gasteiger partial charge in [-0.05, 0) is 12.1 Å². The molecule has 0 bridgehead atoms. The number of carbonyl (C=O) groups excluding carboxylic acids is 2. The first-order chi connectivity index (χ1) is 11.0.